The first-order valence-electron chi connectivity index (χ1n) is 10.7. The lowest BCUT2D eigenvalue weighted by atomic mass is 10.0. The Balaban J connectivity index is 1.62. The third kappa shape index (κ3) is 5.49. The Morgan fingerprint density at radius 3 is 2.50 bits per heavy atom. The van der Waals surface area contributed by atoms with E-state index in [1.54, 1.807) is 30.3 Å². The molecule has 0 saturated carbocycles. The highest BCUT2D eigenvalue weighted by atomic mass is 35.5. The molecule has 178 valence electrons. The van der Waals surface area contributed by atoms with Crippen LogP contribution in [0.15, 0.2) is 84.4 Å². The van der Waals surface area contributed by atoms with E-state index >= 15 is 0 Å². The van der Waals surface area contributed by atoms with Gasteiger partial charge in [0.25, 0.3) is 5.91 Å². The molecule has 0 saturated heterocycles. The van der Waals surface area contributed by atoms with E-state index in [-0.39, 0.29) is 22.0 Å². The Kier molecular flexibility index (Phi) is 7.55. The predicted molar refractivity (Wildman–Crippen MR) is 141 cm³/mol. The number of hydrogen-bond acceptors (Lipinski definition) is 5. The van der Waals surface area contributed by atoms with E-state index in [1.807, 2.05) is 36.4 Å². The van der Waals surface area contributed by atoms with Gasteiger partial charge in [-0.2, -0.15) is 5.26 Å². The van der Waals surface area contributed by atoms with Crippen molar-refractivity contribution in [3.63, 3.8) is 0 Å². The third-order valence-electron chi connectivity index (χ3n) is 5.25. The normalized spacial score (nSPS) is 11.0. The largest absolute Gasteiger partial charge is 0.493 e. The average molecular weight is 517 g/mol. The number of nitrogens with zero attached hydrogens (tertiary/aromatic N) is 1. The molecular weight excluding hydrogens is 499 g/mol. The second-order valence-corrected chi connectivity index (χ2v) is 8.42. The summed E-state index contributed by atoms with van der Waals surface area (Å²) in [7, 11) is 1.45. The van der Waals surface area contributed by atoms with Crippen LogP contribution in [0, 0.1) is 11.3 Å². The molecule has 0 aromatic heterocycles. The van der Waals surface area contributed by atoms with Gasteiger partial charge in [0.2, 0.25) is 0 Å². The lowest BCUT2D eigenvalue weighted by Gasteiger charge is -2.12. The van der Waals surface area contributed by atoms with E-state index in [4.69, 9.17) is 32.7 Å². The van der Waals surface area contributed by atoms with Crippen LogP contribution in [0.3, 0.4) is 0 Å². The number of fused-ring (bicyclic) bond motifs is 1. The number of carbonyl (C=O) groups excluding carboxylic acids is 2. The predicted octanol–water partition coefficient (Wildman–Crippen LogP) is 6.92. The smallest absolute Gasteiger partial charge is 0.344 e. The molecule has 0 heterocycles. The van der Waals surface area contributed by atoms with Gasteiger partial charge in [-0.15, -0.1) is 0 Å². The molecule has 0 aliphatic rings. The topological polar surface area (TPSA) is 88.4 Å². The van der Waals surface area contributed by atoms with E-state index < -0.39 is 11.9 Å². The van der Waals surface area contributed by atoms with Crippen molar-refractivity contribution in [2.24, 2.45) is 0 Å². The van der Waals surface area contributed by atoms with Gasteiger partial charge in [0, 0.05) is 5.02 Å². The highest BCUT2D eigenvalue weighted by Gasteiger charge is 2.17. The number of amides is 1. The maximum Gasteiger partial charge on any atom is 0.344 e. The quantitative estimate of drug-likeness (QED) is 0.130. The molecular formula is C28H18Cl2N2O4. The molecule has 36 heavy (non-hydrogen) atoms. The number of esters is 1. The Morgan fingerprint density at radius 2 is 1.72 bits per heavy atom. The van der Waals surface area contributed by atoms with Crippen molar-refractivity contribution >= 4 is 57.6 Å². The molecule has 8 heteroatoms. The van der Waals surface area contributed by atoms with Gasteiger partial charge in [0.1, 0.15) is 11.6 Å². The number of hydrogen-bond donors (Lipinski definition) is 1. The summed E-state index contributed by atoms with van der Waals surface area (Å²) < 4.78 is 11.0. The molecule has 4 aromatic rings. The molecule has 0 aliphatic carbocycles. The first-order valence-corrected chi connectivity index (χ1v) is 11.4. The number of carbonyl (C=O) groups is 2. The van der Waals surface area contributed by atoms with Crippen LogP contribution in [-0.4, -0.2) is 19.0 Å². The molecule has 0 radical (unpaired) electrons. The van der Waals surface area contributed by atoms with E-state index in [0.29, 0.717) is 21.9 Å². The zero-order valence-corrected chi connectivity index (χ0v) is 20.4. The number of nitrogens with one attached hydrogen (secondary N) is 1. The van der Waals surface area contributed by atoms with Crippen molar-refractivity contribution < 1.29 is 19.1 Å². The highest BCUT2D eigenvalue weighted by Crippen LogP contribution is 2.31. The van der Waals surface area contributed by atoms with Crippen molar-refractivity contribution in [1.29, 1.82) is 5.26 Å². The molecule has 1 N–H and O–H groups in total. The molecule has 0 aliphatic heterocycles. The minimum absolute atomic E-state index is 0.139. The fraction of sp³-hybridized carbons (Fsp3) is 0.0357. The van der Waals surface area contributed by atoms with E-state index in [1.165, 1.54) is 31.4 Å². The molecule has 0 spiro atoms. The fourth-order valence-corrected chi connectivity index (χ4v) is 3.86. The summed E-state index contributed by atoms with van der Waals surface area (Å²) in [5, 5.41) is 14.5. The Morgan fingerprint density at radius 1 is 0.944 bits per heavy atom. The highest BCUT2D eigenvalue weighted by molar-refractivity contribution is 6.36. The summed E-state index contributed by atoms with van der Waals surface area (Å²) in [6, 6.07) is 24.0. The maximum absolute atomic E-state index is 13.0. The second kappa shape index (κ2) is 11.0. The van der Waals surface area contributed by atoms with Crippen LogP contribution in [-0.2, 0) is 4.79 Å². The van der Waals surface area contributed by atoms with Gasteiger partial charge in [-0.05, 0) is 58.8 Å². The first kappa shape index (κ1) is 24.8. The van der Waals surface area contributed by atoms with Gasteiger partial charge >= 0.3 is 5.97 Å². The van der Waals surface area contributed by atoms with Crippen LogP contribution < -0.4 is 14.8 Å². The zero-order chi connectivity index (χ0) is 25.7. The monoisotopic (exact) mass is 516 g/mol. The van der Waals surface area contributed by atoms with Gasteiger partial charge in [-0.25, -0.2) is 4.79 Å². The van der Waals surface area contributed by atoms with Gasteiger partial charge in [0.15, 0.2) is 11.5 Å². The lowest BCUT2D eigenvalue weighted by molar-refractivity contribution is -0.112. The summed E-state index contributed by atoms with van der Waals surface area (Å²) >= 11 is 12.1. The molecule has 0 fully saturated rings. The average Bonchev–Trinajstić information content (AvgIpc) is 2.89. The number of nitriles is 1. The van der Waals surface area contributed by atoms with Crippen LogP contribution in [0.25, 0.3) is 16.8 Å². The molecule has 0 unspecified atom stereocenters. The van der Waals surface area contributed by atoms with Gasteiger partial charge < -0.3 is 14.8 Å². The Hall–Kier alpha value is -4.31. The maximum atomic E-state index is 13.0. The summed E-state index contributed by atoms with van der Waals surface area (Å²) in [4.78, 5) is 25.7. The number of benzene rings is 4. The number of halogens is 2. The molecule has 0 bridgehead atoms. The van der Waals surface area contributed by atoms with Crippen molar-refractivity contribution in [2.45, 2.75) is 0 Å². The number of anilines is 1. The standard InChI is InChI=1S/C28H18Cl2N2O4/c1-35-25-12-9-17(13-19(16-31)27(33)32-24-15-20(29)10-11-23(24)30)14-26(25)36-28(34)22-8-4-6-18-5-2-3-7-21(18)22/h2-15H,1H3,(H,32,33)/b19-13+. The molecule has 1 amide bonds. The molecule has 0 atom stereocenters. The van der Waals surface area contributed by atoms with Gasteiger partial charge in [0.05, 0.1) is 23.4 Å². The van der Waals surface area contributed by atoms with Crippen LogP contribution in [0.4, 0.5) is 5.69 Å². The second-order valence-electron chi connectivity index (χ2n) is 7.57. The van der Waals surface area contributed by atoms with Crippen LogP contribution in [0.1, 0.15) is 15.9 Å². The Labute approximate surface area is 217 Å². The van der Waals surface area contributed by atoms with Crippen LogP contribution in [0.5, 0.6) is 11.5 Å². The summed E-state index contributed by atoms with van der Waals surface area (Å²) in [5.41, 5.74) is 0.921. The minimum Gasteiger partial charge on any atom is -0.493 e. The van der Waals surface area contributed by atoms with Crippen molar-refractivity contribution in [2.75, 3.05) is 12.4 Å². The van der Waals surface area contributed by atoms with Crippen molar-refractivity contribution in [3.8, 4) is 17.6 Å². The van der Waals surface area contributed by atoms with E-state index in [9.17, 15) is 14.9 Å². The lowest BCUT2D eigenvalue weighted by Crippen LogP contribution is -2.14. The summed E-state index contributed by atoms with van der Waals surface area (Å²) in [6.07, 6.45) is 1.36. The number of ether oxygens (including phenoxy) is 2. The van der Waals surface area contributed by atoms with Gasteiger partial charge in [-0.1, -0.05) is 65.7 Å². The van der Waals surface area contributed by atoms with Crippen molar-refractivity contribution in [1.82, 2.24) is 0 Å². The molecule has 4 rings (SSSR count). The van der Waals surface area contributed by atoms with E-state index in [2.05, 4.69) is 5.32 Å². The SMILES string of the molecule is COc1ccc(/C=C(\C#N)C(=O)Nc2cc(Cl)ccc2Cl)cc1OC(=O)c1cccc2ccccc12. The first-order chi connectivity index (χ1) is 17.4. The van der Waals surface area contributed by atoms with E-state index in [0.717, 1.165) is 10.8 Å². The van der Waals surface area contributed by atoms with Gasteiger partial charge in [-0.3, -0.25) is 4.79 Å². The van der Waals surface area contributed by atoms with Crippen LogP contribution >= 0.6 is 23.2 Å². The zero-order valence-electron chi connectivity index (χ0n) is 18.9. The molecule has 4 aromatic carbocycles. The van der Waals surface area contributed by atoms with Crippen LogP contribution in [0.2, 0.25) is 10.0 Å². The third-order valence-corrected chi connectivity index (χ3v) is 5.82. The number of methoxy groups -OCH3 is 1. The number of rotatable bonds is 6. The molecule has 6 nitrogen and oxygen atoms in total. The summed E-state index contributed by atoms with van der Waals surface area (Å²) in [5.74, 6) is -0.791. The summed E-state index contributed by atoms with van der Waals surface area (Å²) in [6.45, 7) is 0. The minimum atomic E-state index is -0.674. The Bertz CT molecular complexity index is 1550. The van der Waals surface area contributed by atoms with Crippen molar-refractivity contribution in [3.05, 3.63) is 106 Å². The fourth-order valence-electron chi connectivity index (χ4n) is 3.52.